The van der Waals surface area contributed by atoms with Gasteiger partial charge in [-0.25, -0.2) is 0 Å². The number of thioether (sulfide) groups is 1. The normalized spacial score (nSPS) is 9.75. The molecule has 0 atom stereocenters. The highest BCUT2D eigenvalue weighted by molar-refractivity contribution is 7.99. The maximum absolute atomic E-state index is 10.3. The lowest BCUT2D eigenvalue weighted by Crippen LogP contribution is -1.82. The fourth-order valence-corrected chi connectivity index (χ4v) is 1.35. The van der Waals surface area contributed by atoms with E-state index in [0.717, 1.165) is 11.2 Å². The molecule has 0 saturated carbocycles. The van der Waals surface area contributed by atoms with E-state index >= 15 is 0 Å². The number of carbonyl (C=O) groups excluding carboxylic acids is 1. The van der Waals surface area contributed by atoms with Gasteiger partial charge < -0.3 is 4.74 Å². The molecule has 0 spiro atoms. The Morgan fingerprint density at radius 3 is 2.58 bits per heavy atom. The van der Waals surface area contributed by atoms with Crippen LogP contribution in [0.5, 0.6) is 0 Å². The van der Waals surface area contributed by atoms with Crippen LogP contribution < -0.4 is 0 Å². The minimum Gasteiger partial charge on any atom is -0.374 e. The smallest absolute Gasteiger partial charge is 0.150 e. The van der Waals surface area contributed by atoms with Crippen LogP contribution in [0, 0.1) is 0 Å². The molecule has 3 heteroatoms. The number of methoxy groups -OCH3 is 1. The zero-order valence-corrected chi connectivity index (χ0v) is 7.64. The molecule has 0 aromatic heterocycles. The van der Waals surface area contributed by atoms with Crippen molar-refractivity contribution in [3.05, 3.63) is 29.8 Å². The summed E-state index contributed by atoms with van der Waals surface area (Å²) < 4.78 is 4.90. The van der Waals surface area contributed by atoms with Crippen LogP contribution in [0.3, 0.4) is 0 Å². The number of hydrogen-bond acceptors (Lipinski definition) is 3. The van der Waals surface area contributed by atoms with Crippen molar-refractivity contribution in [1.82, 2.24) is 0 Å². The molecule has 0 fully saturated rings. The molecule has 0 aliphatic heterocycles. The Bertz CT molecular complexity index is 243. The zero-order valence-electron chi connectivity index (χ0n) is 6.82. The molecular formula is C9H10O2S. The molecule has 0 saturated heterocycles. The van der Waals surface area contributed by atoms with Crippen LogP contribution in [0.25, 0.3) is 0 Å². The van der Waals surface area contributed by atoms with E-state index in [1.165, 1.54) is 0 Å². The van der Waals surface area contributed by atoms with E-state index < -0.39 is 0 Å². The minimum absolute atomic E-state index is 0.639. The lowest BCUT2D eigenvalue weighted by Gasteiger charge is -1.98. The first-order valence-corrected chi connectivity index (χ1v) is 4.52. The fraction of sp³-hybridized carbons (Fsp3) is 0.222. The van der Waals surface area contributed by atoms with E-state index in [4.69, 9.17) is 4.74 Å². The molecule has 0 N–H and O–H groups in total. The Balaban J connectivity index is 2.58. The Hall–Kier alpha value is -0.800. The third kappa shape index (κ3) is 2.68. The van der Waals surface area contributed by atoms with Crippen molar-refractivity contribution in [2.45, 2.75) is 4.90 Å². The van der Waals surface area contributed by atoms with E-state index in [0.29, 0.717) is 11.5 Å². The highest BCUT2D eigenvalue weighted by atomic mass is 32.2. The summed E-state index contributed by atoms with van der Waals surface area (Å²) in [4.78, 5) is 11.4. The van der Waals surface area contributed by atoms with Crippen molar-refractivity contribution in [3.63, 3.8) is 0 Å². The van der Waals surface area contributed by atoms with Crippen LogP contribution in [-0.4, -0.2) is 19.3 Å². The van der Waals surface area contributed by atoms with E-state index in [2.05, 4.69) is 0 Å². The van der Waals surface area contributed by atoms with E-state index in [9.17, 15) is 4.79 Å². The second kappa shape index (κ2) is 4.95. The lowest BCUT2D eigenvalue weighted by atomic mass is 10.2. The second-order valence-electron chi connectivity index (χ2n) is 2.24. The summed E-state index contributed by atoms with van der Waals surface area (Å²) >= 11 is 1.60. The van der Waals surface area contributed by atoms with E-state index in [1.54, 1.807) is 31.0 Å². The predicted octanol–water partition coefficient (Wildman–Crippen LogP) is 2.20. The van der Waals surface area contributed by atoms with Crippen molar-refractivity contribution >= 4 is 18.0 Å². The van der Waals surface area contributed by atoms with Crippen LogP contribution >= 0.6 is 11.8 Å². The topological polar surface area (TPSA) is 26.3 Å². The Labute approximate surface area is 75.9 Å². The molecular weight excluding hydrogens is 172 g/mol. The first-order valence-electron chi connectivity index (χ1n) is 3.54. The molecule has 0 aliphatic carbocycles. The van der Waals surface area contributed by atoms with Crippen molar-refractivity contribution in [2.24, 2.45) is 0 Å². The molecule has 0 amide bonds. The van der Waals surface area contributed by atoms with Crippen LogP contribution in [0.15, 0.2) is 29.2 Å². The maximum atomic E-state index is 10.3. The van der Waals surface area contributed by atoms with Crippen molar-refractivity contribution in [2.75, 3.05) is 13.0 Å². The summed E-state index contributed by atoms with van der Waals surface area (Å²) in [6.45, 7) is 0. The average molecular weight is 182 g/mol. The largest absolute Gasteiger partial charge is 0.374 e. The molecule has 0 radical (unpaired) electrons. The molecule has 1 rings (SSSR count). The first kappa shape index (κ1) is 9.29. The summed E-state index contributed by atoms with van der Waals surface area (Å²) in [6.07, 6.45) is 0.838. The average Bonchev–Trinajstić information content (AvgIpc) is 2.15. The number of aldehydes is 1. The molecule has 1 aromatic carbocycles. The minimum atomic E-state index is 0.639. The quantitative estimate of drug-likeness (QED) is 0.405. The molecule has 0 heterocycles. The summed E-state index contributed by atoms with van der Waals surface area (Å²) in [5, 5.41) is 0. The van der Waals surface area contributed by atoms with Gasteiger partial charge in [-0.15, -0.1) is 0 Å². The summed E-state index contributed by atoms with van der Waals surface area (Å²) in [7, 11) is 1.66. The highest BCUT2D eigenvalue weighted by Crippen LogP contribution is 2.17. The molecule has 0 aliphatic rings. The van der Waals surface area contributed by atoms with Gasteiger partial charge in [-0.1, -0.05) is 23.9 Å². The van der Waals surface area contributed by atoms with Gasteiger partial charge in [-0.2, -0.15) is 0 Å². The van der Waals surface area contributed by atoms with Gasteiger partial charge in [0, 0.05) is 17.6 Å². The van der Waals surface area contributed by atoms with Gasteiger partial charge in [0.2, 0.25) is 0 Å². The van der Waals surface area contributed by atoms with Gasteiger partial charge in [0.25, 0.3) is 0 Å². The van der Waals surface area contributed by atoms with Crippen LogP contribution in [0.4, 0.5) is 0 Å². The number of benzene rings is 1. The van der Waals surface area contributed by atoms with E-state index in [-0.39, 0.29) is 0 Å². The van der Waals surface area contributed by atoms with Crippen LogP contribution in [0.1, 0.15) is 10.4 Å². The molecule has 2 nitrogen and oxygen atoms in total. The van der Waals surface area contributed by atoms with Gasteiger partial charge in [0.1, 0.15) is 6.29 Å². The summed E-state index contributed by atoms with van der Waals surface area (Å²) in [5.74, 6) is 0.639. The third-order valence-corrected chi connectivity index (χ3v) is 2.32. The van der Waals surface area contributed by atoms with Gasteiger partial charge >= 0.3 is 0 Å². The van der Waals surface area contributed by atoms with Crippen molar-refractivity contribution < 1.29 is 9.53 Å². The van der Waals surface area contributed by atoms with Gasteiger partial charge in [0.15, 0.2) is 0 Å². The Morgan fingerprint density at radius 2 is 2.08 bits per heavy atom. The molecule has 1 aromatic rings. The van der Waals surface area contributed by atoms with Crippen molar-refractivity contribution in [3.8, 4) is 0 Å². The SMILES string of the molecule is COCSc1ccc(C=O)cc1. The number of rotatable bonds is 4. The number of carbonyl (C=O) groups is 1. The fourth-order valence-electron chi connectivity index (χ4n) is 0.770. The van der Waals surface area contributed by atoms with E-state index in [1.807, 2.05) is 12.1 Å². The molecule has 12 heavy (non-hydrogen) atoms. The first-order chi connectivity index (χ1) is 5.86. The number of ether oxygens (including phenoxy) is 1. The highest BCUT2D eigenvalue weighted by Gasteiger charge is 1.92. The Morgan fingerprint density at radius 1 is 1.42 bits per heavy atom. The maximum Gasteiger partial charge on any atom is 0.150 e. The Kier molecular flexibility index (Phi) is 3.84. The number of hydrogen-bond donors (Lipinski definition) is 0. The van der Waals surface area contributed by atoms with Gasteiger partial charge in [-0.3, -0.25) is 4.79 Å². The zero-order chi connectivity index (χ0) is 8.81. The van der Waals surface area contributed by atoms with Crippen LogP contribution in [0.2, 0.25) is 0 Å². The third-order valence-electron chi connectivity index (χ3n) is 1.36. The lowest BCUT2D eigenvalue weighted by molar-refractivity contribution is 0.112. The van der Waals surface area contributed by atoms with Crippen molar-refractivity contribution in [1.29, 1.82) is 0 Å². The second-order valence-corrected chi connectivity index (χ2v) is 3.23. The standard InChI is InChI=1S/C9H10O2S/c1-11-7-12-9-4-2-8(6-10)3-5-9/h2-6H,7H2,1H3. The van der Waals surface area contributed by atoms with Gasteiger partial charge in [-0.05, 0) is 12.1 Å². The summed E-state index contributed by atoms with van der Waals surface area (Å²) in [6, 6.07) is 7.41. The monoisotopic (exact) mass is 182 g/mol. The molecule has 0 unspecified atom stereocenters. The van der Waals surface area contributed by atoms with Gasteiger partial charge in [0.05, 0.1) is 5.94 Å². The van der Waals surface area contributed by atoms with Crippen LogP contribution in [-0.2, 0) is 4.74 Å². The molecule has 64 valence electrons. The molecule has 0 bridgehead atoms. The predicted molar refractivity (Wildman–Crippen MR) is 49.6 cm³/mol. The summed E-state index contributed by atoms with van der Waals surface area (Å²) in [5.41, 5.74) is 0.705.